The largest absolute Gasteiger partial charge is 0.395 e. The van der Waals surface area contributed by atoms with Crippen LogP contribution in [0.1, 0.15) is 25.1 Å². The van der Waals surface area contributed by atoms with Gasteiger partial charge in [-0.15, -0.1) is 11.3 Å². The summed E-state index contributed by atoms with van der Waals surface area (Å²) < 4.78 is 0. The Labute approximate surface area is 116 Å². The van der Waals surface area contributed by atoms with Crippen LogP contribution in [0.4, 0.5) is 5.82 Å². The van der Waals surface area contributed by atoms with Crippen LogP contribution in [0.25, 0.3) is 10.2 Å². The third kappa shape index (κ3) is 2.56. The van der Waals surface area contributed by atoms with Crippen LogP contribution in [0.2, 0.25) is 0 Å². The Kier molecular flexibility index (Phi) is 3.63. The van der Waals surface area contributed by atoms with Crippen LogP contribution in [-0.2, 0) is 6.54 Å². The Balaban J connectivity index is 1.83. The highest BCUT2D eigenvalue weighted by Crippen LogP contribution is 2.24. The van der Waals surface area contributed by atoms with E-state index in [0.717, 1.165) is 29.0 Å². The van der Waals surface area contributed by atoms with Gasteiger partial charge in [0.15, 0.2) is 0 Å². The number of hydrogen-bond donors (Lipinski definition) is 2. The molecular weight excluding hydrogens is 260 g/mol. The molecule has 2 aromatic rings. The van der Waals surface area contributed by atoms with E-state index in [1.807, 2.05) is 11.4 Å². The molecule has 1 aliphatic heterocycles. The number of piperidine rings is 1. The Bertz CT molecular complexity index is 571. The smallest absolute Gasteiger partial charge is 0.146 e. The lowest BCUT2D eigenvalue weighted by Gasteiger charge is -2.33. The third-order valence-corrected chi connectivity index (χ3v) is 4.51. The summed E-state index contributed by atoms with van der Waals surface area (Å²) in [6.45, 7) is 1.87. The fourth-order valence-electron chi connectivity index (χ4n) is 2.65. The van der Waals surface area contributed by atoms with Crippen molar-refractivity contribution in [1.82, 2.24) is 14.9 Å². The molecule has 1 unspecified atom stereocenters. The minimum atomic E-state index is 0.205. The second-order valence-electron chi connectivity index (χ2n) is 4.97. The molecule has 0 spiro atoms. The molecule has 6 heteroatoms. The molecule has 1 aliphatic rings. The molecule has 3 rings (SSSR count). The highest BCUT2D eigenvalue weighted by molar-refractivity contribution is 7.16. The van der Waals surface area contributed by atoms with Crippen molar-refractivity contribution < 1.29 is 5.11 Å². The Morgan fingerprint density at radius 1 is 1.42 bits per heavy atom. The first-order valence-electron chi connectivity index (χ1n) is 6.62. The second kappa shape index (κ2) is 5.40. The molecular formula is C13H18N4OS. The maximum absolute atomic E-state index is 9.43. The number of thiophene rings is 1. The molecule has 0 bridgehead atoms. The van der Waals surface area contributed by atoms with Gasteiger partial charge in [-0.2, -0.15) is 0 Å². The van der Waals surface area contributed by atoms with Crippen molar-refractivity contribution >= 4 is 27.4 Å². The zero-order valence-electron chi connectivity index (χ0n) is 10.7. The summed E-state index contributed by atoms with van der Waals surface area (Å²) in [6.07, 6.45) is 3.41. The van der Waals surface area contributed by atoms with E-state index >= 15 is 0 Å². The van der Waals surface area contributed by atoms with Gasteiger partial charge >= 0.3 is 0 Å². The number of fused-ring (bicyclic) bond motifs is 1. The molecule has 2 aromatic heterocycles. The minimum Gasteiger partial charge on any atom is -0.395 e. The van der Waals surface area contributed by atoms with Gasteiger partial charge in [0.25, 0.3) is 0 Å². The van der Waals surface area contributed by atoms with Crippen molar-refractivity contribution in [3.05, 3.63) is 17.3 Å². The molecule has 102 valence electrons. The molecule has 0 saturated carbocycles. The van der Waals surface area contributed by atoms with Gasteiger partial charge in [0, 0.05) is 6.04 Å². The molecule has 0 aliphatic carbocycles. The first kappa shape index (κ1) is 12.8. The van der Waals surface area contributed by atoms with Crippen molar-refractivity contribution in [2.75, 3.05) is 18.9 Å². The van der Waals surface area contributed by atoms with Gasteiger partial charge in [-0.25, -0.2) is 9.97 Å². The van der Waals surface area contributed by atoms with Crippen molar-refractivity contribution in [3.8, 4) is 0 Å². The normalized spacial score (nSPS) is 21.0. The van der Waals surface area contributed by atoms with E-state index in [-0.39, 0.29) is 12.6 Å². The van der Waals surface area contributed by atoms with E-state index in [9.17, 15) is 5.11 Å². The fraction of sp³-hybridized carbons (Fsp3) is 0.538. The van der Waals surface area contributed by atoms with E-state index < -0.39 is 0 Å². The number of aromatic nitrogens is 2. The molecule has 1 saturated heterocycles. The first-order valence-corrected chi connectivity index (χ1v) is 7.50. The number of likely N-dealkylation sites (tertiary alicyclic amines) is 1. The predicted molar refractivity (Wildman–Crippen MR) is 77.0 cm³/mol. The van der Waals surface area contributed by atoms with Gasteiger partial charge < -0.3 is 10.8 Å². The zero-order valence-corrected chi connectivity index (χ0v) is 11.6. The van der Waals surface area contributed by atoms with Crippen LogP contribution in [0.3, 0.4) is 0 Å². The van der Waals surface area contributed by atoms with E-state index in [2.05, 4.69) is 14.9 Å². The number of anilines is 1. The summed E-state index contributed by atoms with van der Waals surface area (Å²) in [5.41, 5.74) is 5.96. The summed E-state index contributed by atoms with van der Waals surface area (Å²) >= 11 is 1.59. The Morgan fingerprint density at radius 2 is 2.32 bits per heavy atom. The maximum atomic E-state index is 9.43. The zero-order chi connectivity index (χ0) is 13.2. The summed E-state index contributed by atoms with van der Waals surface area (Å²) in [6, 6.07) is 2.19. The fourth-order valence-corrected chi connectivity index (χ4v) is 3.44. The highest BCUT2D eigenvalue weighted by atomic mass is 32.1. The number of nitrogen functional groups attached to an aromatic ring is 1. The molecule has 0 amide bonds. The summed E-state index contributed by atoms with van der Waals surface area (Å²) in [5.74, 6) is 1.31. The SMILES string of the molecule is Nc1nc(CN2CCCCC2CO)nc2sccc12. The van der Waals surface area contributed by atoms with Gasteiger partial charge in [-0.3, -0.25) is 4.90 Å². The lowest BCUT2D eigenvalue weighted by molar-refractivity contribution is 0.0821. The topological polar surface area (TPSA) is 75.3 Å². The van der Waals surface area contributed by atoms with Crippen LogP contribution in [0, 0.1) is 0 Å². The summed E-state index contributed by atoms with van der Waals surface area (Å²) in [7, 11) is 0. The monoisotopic (exact) mass is 278 g/mol. The van der Waals surface area contributed by atoms with Gasteiger partial charge in [0.2, 0.25) is 0 Å². The van der Waals surface area contributed by atoms with Crippen molar-refractivity contribution in [2.45, 2.75) is 31.8 Å². The summed E-state index contributed by atoms with van der Waals surface area (Å²) in [5, 5.41) is 12.3. The number of rotatable bonds is 3. The number of hydrogen-bond acceptors (Lipinski definition) is 6. The van der Waals surface area contributed by atoms with Crippen LogP contribution in [-0.4, -0.2) is 39.2 Å². The maximum Gasteiger partial charge on any atom is 0.146 e. The summed E-state index contributed by atoms with van der Waals surface area (Å²) in [4.78, 5) is 12.2. The average molecular weight is 278 g/mol. The number of aliphatic hydroxyl groups is 1. The van der Waals surface area contributed by atoms with Crippen molar-refractivity contribution in [3.63, 3.8) is 0 Å². The van der Waals surface area contributed by atoms with E-state index in [1.165, 1.54) is 12.8 Å². The quantitative estimate of drug-likeness (QED) is 0.892. The Hall–Kier alpha value is -1.24. The lowest BCUT2D eigenvalue weighted by Crippen LogP contribution is -2.41. The molecule has 0 aromatic carbocycles. The van der Waals surface area contributed by atoms with Crippen LogP contribution >= 0.6 is 11.3 Å². The second-order valence-corrected chi connectivity index (χ2v) is 5.86. The third-order valence-electron chi connectivity index (χ3n) is 3.71. The average Bonchev–Trinajstić information content (AvgIpc) is 2.88. The number of aliphatic hydroxyl groups excluding tert-OH is 1. The highest BCUT2D eigenvalue weighted by Gasteiger charge is 2.22. The molecule has 1 atom stereocenters. The standard InChI is InChI=1S/C13H18N4OS/c14-12-10-4-6-19-13(10)16-11(15-12)7-17-5-2-1-3-9(17)8-18/h4,6,9,18H,1-3,5,7-8H2,(H2,14,15,16). The van der Waals surface area contributed by atoms with Crippen LogP contribution in [0.15, 0.2) is 11.4 Å². The van der Waals surface area contributed by atoms with E-state index in [4.69, 9.17) is 5.73 Å². The Morgan fingerprint density at radius 3 is 3.16 bits per heavy atom. The van der Waals surface area contributed by atoms with Gasteiger partial charge in [-0.05, 0) is 30.8 Å². The molecule has 0 radical (unpaired) electrons. The molecule has 5 nitrogen and oxygen atoms in total. The number of nitrogens with zero attached hydrogens (tertiary/aromatic N) is 3. The van der Waals surface area contributed by atoms with Crippen LogP contribution in [0.5, 0.6) is 0 Å². The number of nitrogens with two attached hydrogens (primary N) is 1. The molecule has 19 heavy (non-hydrogen) atoms. The molecule has 1 fully saturated rings. The predicted octanol–water partition coefficient (Wildman–Crippen LogP) is 1.62. The van der Waals surface area contributed by atoms with Gasteiger partial charge in [0.05, 0.1) is 18.5 Å². The van der Waals surface area contributed by atoms with Gasteiger partial charge in [0.1, 0.15) is 16.5 Å². The lowest BCUT2D eigenvalue weighted by atomic mass is 10.0. The van der Waals surface area contributed by atoms with Crippen molar-refractivity contribution in [1.29, 1.82) is 0 Å². The van der Waals surface area contributed by atoms with E-state index in [1.54, 1.807) is 11.3 Å². The molecule has 3 heterocycles. The minimum absolute atomic E-state index is 0.205. The van der Waals surface area contributed by atoms with Crippen LogP contribution < -0.4 is 5.73 Å². The van der Waals surface area contributed by atoms with Crippen molar-refractivity contribution in [2.24, 2.45) is 0 Å². The van der Waals surface area contributed by atoms with E-state index in [0.29, 0.717) is 12.4 Å². The molecule has 3 N–H and O–H groups in total. The first-order chi connectivity index (χ1) is 9.28. The van der Waals surface area contributed by atoms with Gasteiger partial charge in [-0.1, -0.05) is 6.42 Å².